The van der Waals surface area contributed by atoms with E-state index in [-0.39, 0.29) is 13.2 Å². The molecule has 204 valence electrons. The summed E-state index contributed by atoms with van der Waals surface area (Å²) in [6.07, 6.45) is -0.857. The summed E-state index contributed by atoms with van der Waals surface area (Å²) in [5.74, 6) is -0.444. The number of nitrogens with one attached hydrogen (secondary N) is 4. The van der Waals surface area contributed by atoms with E-state index in [0.29, 0.717) is 26.2 Å². The lowest BCUT2D eigenvalue weighted by Gasteiger charge is -2.38. The van der Waals surface area contributed by atoms with E-state index in [4.69, 9.17) is 4.74 Å². The van der Waals surface area contributed by atoms with E-state index in [1.165, 1.54) is 0 Å². The van der Waals surface area contributed by atoms with Crippen LogP contribution in [0.5, 0.6) is 0 Å². The third-order valence-electron chi connectivity index (χ3n) is 6.34. The van der Waals surface area contributed by atoms with E-state index >= 15 is 0 Å². The summed E-state index contributed by atoms with van der Waals surface area (Å²) >= 11 is 0. The summed E-state index contributed by atoms with van der Waals surface area (Å²) < 4.78 is 5.10. The van der Waals surface area contributed by atoms with Crippen LogP contribution in [-0.4, -0.2) is 91.3 Å². The number of aliphatic hydroxyl groups is 1. The van der Waals surface area contributed by atoms with Crippen LogP contribution in [0.2, 0.25) is 0 Å². The van der Waals surface area contributed by atoms with Crippen molar-refractivity contribution in [2.45, 2.75) is 25.4 Å². The van der Waals surface area contributed by atoms with Gasteiger partial charge in [-0.25, -0.2) is 9.59 Å². The SMILES string of the molecule is O=C(N[C@@H](CNC(O)N1CCN(c2cccc(NC3=NCCCN3)c2)CC1)C(=O)O)OCc1ccccc1. The molecule has 2 atom stereocenters. The van der Waals surface area contributed by atoms with Crippen molar-refractivity contribution >= 4 is 29.4 Å². The Kier molecular flexibility index (Phi) is 9.73. The number of carbonyl (C=O) groups is 2. The van der Waals surface area contributed by atoms with Gasteiger partial charge >= 0.3 is 12.1 Å². The highest BCUT2D eigenvalue weighted by atomic mass is 16.5. The number of hydrogen-bond acceptors (Lipinski definition) is 10. The van der Waals surface area contributed by atoms with Gasteiger partial charge in [-0.1, -0.05) is 36.4 Å². The van der Waals surface area contributed by atoms with Crippen molar-refractivity contribution in [2.75, 3.05) is 56.0 Å². The first kappa shape index (κ1) is 27.2. The molecule has 2 aliphatic heterocycles. The predicted octanol–water partition coefficient (Wildman–Crippen LogP) is 0.815. The first-order valence-electron chi connectivity index (χ1n) is 12.7. The van der Waals surface area contributed by atoms with Crippen molar-refractivity contribution in [1.29, 1.82) is 0 Å². The average Bonchev–Trinajstić information content (AvgIpc) is 2.95. The molecular formula is C26H35N7O5. The number of hydrogen-bond donors (Lipinski definition) is 6. The van der Waals surface area contributed by atoms with Gasteiger partial charge in [-0.2, -0.15) is 0 Å². The number of aliphatic carboxylic acids is 1. The summed E-state index contributed by atoms with van der Waals surface area (Å²) in [6, 6.07) is 16.0. The van der Waals surface area contributed by atoms with Crippen molar-refractivity contribution in [1.82, 2.24) is 20.9 Å². The highest BCUT2D eigenvalue weighted by Gasteiger charge is 2.26. The quantitative estimate of drug-likeness (QED) is 0.246. The van der Waals surface area contributed by atoms with Gasteiger partial charge in [0.2, 0.25) is 0 Å². The zero-order chi connectivity index (χ0) is 26.7. The van der Waals surface area contributed by atoms with E-state index in [1.807, 2.05) is 41.3 Å². The Morgan fingerprint density at radius 3 is 2.58 bits per heavy atom. The summed E-state index contributed by atoms with van der Waals surface area (Å²) in [6.45, 7) is 4.11. The van der Waals surface area contributed by atoms with Gasteiger partial charge in [0.25, 0.3) is 0 Å². The number of aliphatic hydroxyl groups excluding tert-OH is 1. The van der Waals surface area contributed by atoms with E-state index in [2.05, 4.69) is 37.2 Å². The molecule has 0 saturated carbocycles. The molecule has 1 unspecified atom stereocenters. The number of ether oxygens (including phenoxy) is 1. The number of nitrogens with zero attached hydrogens (tertiary/aromatic N) is 3. The van der Waals surface area contributed by atoms with Gasteiger partial charge in [0, 0.05) is 57.2 Å². The lowest BCUT2D eigenvalue weighted by atomic mass is 10.2. The monoisotopic (exact) mass is 525 g/mol. The minimum absolute atomic E-state index is 0.0317. The van der Waals surface area contributed by atoms with Gasteiger partial charge in [-0.05, 0) is 30.2 Å². The number of carboxylic acid groups (broad SMARTS) is 1. The van der Waals surface area contributed by atoms with E-state index in [1.54, 1.807) is 12.1 Å². The van der Waals surface area contributed by atoms with Crippen LogP contribution in [-0.2, 0) is 16.1 Å². The van der Waals surface area contributed by atoms with Crippen molar-refractivity contribution in [2.24, 2.45) is 4.99 Å². The number of alkyl carbamates (subject to hydrolysis) is 1. The van der Waals surface area contributed by atoms with Gasteiger partial charge < -0.3 is 35.8 Å². The molecule has 6 N–H and O–H groups in total. The summed E-state index contributed by atoms with van der Waals surface area (Å²) in [5.41, 5.74) is 2.81. The van der Waals surface area contributed by atoms with Crippen molar-refractivity contribution < 1.29 is 24.5 Å². The third kappa shape index (κ3) is 8.07. The Balaban J connectivity index is 1.21. The molecule has 0 aliphatic carbocycles. The molecular weight excluding hydrogens is 490 g/mol. The van der Waals surface area contributed by atoms with Gasteiger partial charge in [0.05, 0.1) is 0 Å². The molecule has 0 spiro atoms. The van der Waals surface area contributed by atoms with E-state index in [0.717, 1.165) is 42.4 Å². The fourth-order valence-electron chi connectivity index (χ4n) is 4.22. The number of aliphatic imine (C=N–C) groups is 1. The largest absolute Gasteiger partial charge is 0.480 e. The molecule has 38 heavy (non-hydrogen) atoms. The molecule has 2 aromatic carbocycles. The number of amides is 1. The van der Waals surface area contributed by atoms with Gasteiger partial charge in [-0.3, -0.25) is 15.2 Å². The van der Waals surface area contributed by atoms with Crippen molar-refractivity contribution in [3.05, 3.63) is 60.2 Å². The molecule has 4 rings (SSSR count). The third-order valence-corrected chi connectivity index (χ3v) is 6.34. The van der Waals surface area contributed by atoms with Crippen molar-refractivity contribution in [3.63, 3.8) is 0 Å². The average molecular weight is 526 g/mol. The number of benzene rings is 2. The zero-order valence-corrected chi connectivity index (χ0v) is 21.2. The number of carbonyl (C=O) groups excluding carboxylic acids is 1. The topological polar surface area (TPSA) is 151 Å². The minimum Gasteiger partial charge on any atom is -0.480 e. The van der Waals surface area contributed by atoms with Gasteiger partial charge in [-0.15, -0.1) is 0 Å². The van der Waals surface area contributed by atoms with Crippen LogP contribution in [0.1, 0.15) is 12.0 Å². The first-order chi connectivity index (χ1) is 18.5. The molecule has 2 aromatic rings. The second kappa shape index (κ2) is 13.6. The van der Waals surface area contributed by atoms with E-state index < -0.39 is 24.5 Å². The highest BCUT2D eigenvalue weighted by Crippen LogP contribution is 2.21. The Bertz CT molecular complexity index is 1090. The smallest absolute Gasteiger partial charge is 0.408 e. The summed E-state index contributed by atoms with van der Waals surface area (Å²) in [7, 11) is 0. The van der Waals surface area contributed by atoms with Crippen molar-refractivity contribution in [3.8, 4) is 0 Å². The number of piperazine rings is 1. The predicted molar refractivity (Wildman–Crippen MR) is 144 cm³/mol. The molecule has 1 amide bonds. The second-order valence-corrected chi connectivity index (χ2v) is 9.09. The van der Waals surface area contributed by atoms with Crippen LogP contribution in [0.4, 0.5) is 16.2 Å². The Morgan fingerprint density at radius 1 is 1.08 bits per heavy atom. The first-order valence-corrected chi connectivity index (χ1v) is 12.7. The molecule has 2 heterocycles. The van der Waals surface area contributed by atoms with Crippen LogP contribution < -0.4 is 26.2 Å². The molecule has 0 bridgehead atoms. The fourth-order valence-corrected chi connectivity index (χ4v) is 4.22. The summed E-state index contributed by atoms with van der Waals surface area (Å²) in [5, 5.41) is 31.8. The maximum absolute atomic E-state index is 12.1. The highest BCUT2D eigenvalue weighted by molar-refractivity contribution is 5.94. The van der Waals surface area contributed by atoms with Crippen LogP contribution in [0.15, 0.2) is 59.6 Å². The molecule has 12 heteroatoms. The molecule has 2 aliphatic rings. The van der Waals surface area contributed by atoms with Gasteiger partial charge in [0.1, 0.15) is 12.6 Å². The van der Waals surface area contributed by atoms with Crippen LogP contribution in [0, 0.1) is 0 Å². The normalized spacial score (nSPS) is 17.5. The number of carboxylic acids is 1. The summed E-state index contributed by atoms with van der Waals surface area (Å²) in [4.78, 5) is 32.2. The Morgan fingerprint density at radius 2 is 1.87 bits per heavy atom. The molecule has 12 nitrogen and oxygen atoms in total. The lowest BCUT2D eigenvalue weighted by Crippen LogP contribution is -2.57. The maximum Gasteiger partial charge on any atom is 0.408 e. The second-order valence-electron chi connectivity index (χ2n) is 9.09. The van der Waals surface area contributed by atoms with Crippen LogP contribution in [0.3, 0.4) is 0 Å². The Hall–Kier alpha value is -3.87. The number of anilines is 2. The van der Waals surface area contributed by atoms with Crippen LogP contribution >= 0.6 is 0 Å². The zero-order valence-electron chi connectivity index (χ0n) is 21.2. The van der Waals surface area contributed by atoms with Gasteiger partial charge in [0.15, 0.2) is 12.3 Å². The molecule has 0 radical (unpaired) electrons. The maximum atomic E-state index is 12.1. The fraction of sp³-hybridized carbons (Fsp3) is 0.423. The Labute approximate surface area is 221 Å². The molecule has 0 aromatic heterocycles. The lowest BCUT2D eigenvalue weighted by molar-refractivity contribution is -0.139. The van der Waals surface area contributed by atoms with E-state index in [9.17, 15) is 19.8 Å². The number of rotatable bonds is 10. The molecule has 1 fully saturated rings. The standard InChI is InChI=1S/C26H35N7O5/c34-23(35)22(31-26(37)38-18-19-6-2-1-3-7-19)17-29-25(36)33-14-12-32(13-15-33)21-9-4-8-20(16-21)30-24-27-10-5-11-28-24/h1-4,6-9,16,22,25,29,36H,5,10-15,17-18H2,(H,31,37)(H,34,35)(H2,27,28,30)/t22-,25?/m0/s1. The van der Waals surface area contributed by atoms with Crippen LogP contribution in [0.25, 0.3) is 0 Å². The number of guanidine groups is 1. The molecule has 1 saturated heterocycles. The minimum atomic E-state index is -1.26.